The Bertz CT molecular complexity index is 203. The minimum absolute atomic E-state index is 0.345. The van der Waals surface area contributed by atoms with Gasteiger partial charge in [-0.1, -0.05) is 13.8 Å². The molecule has 0 aromatic rings. The summed E-state index contributed by atoms with van der Waals surface area (Å²) in [5.74, 6) is 0. The SMILES string of the molecule is CNC(C)C(C)(C)CN1CCCN(C)CC1. The van der Waals surface area contributed by atoms with Crippen LogP contribution in [0.25, 0.3) is 0 Å². The van der Waals surface area contributed by atoms with Crippen molar-refractivity contribution < 1.29 is 0 Å². The van der Waals surface area contributed by atoms with Crippen LogP contribution in [-0.4, -0.2) is 62.7 Å². The molecule has 0 spiro atoms. The molecule has 1 N–H and O–H groups in total. The summed E-state index contributed by atoms with van der Waals surface area (Å²) in [5, 5.41) is 3.38. The molecule has 0 aromatic heterocycles. The van der Waals surface area contributed by atoms with Crippen LogP contribution in [0.4, 0.5) is 0 Å². The highest BCUT2D eigenvalue weighted by Crippen LogP contribution is 2.22. The minimum atomic E-state index is 0.345. The third-order valence-electron chi connectivity index (χ3n) is 4.05. The van der Waals surface area contributed by atoms with Gasteiger partial charge < -0.3 is 15.1 Å². The Balaban J connectivity index is 2.46. The first kappa shape index (κ1) is 13.9. The predicted molar refractivity (Wildman–Crippen MR) is 70.9 cm³/mol. The monoisotopic (exact) mass is 227 g/mol. The van der Waals surface area contributed by atoms with Crippen LogP contribution in [0.1, 0.15) is 27.2 Å². The van der Waals surface area contributed by atoms with E-state index in [-0.39, 0.29) is 0 Å². The third-order valence-corrected chi connectivity index (χ3v) is 4.05. The fourth-order valence-corrected chi connectivity index (χ4v) is 2.36. The Kier molecular flexibility index (Phi) is 5.22. The molecule has 3 nitrogen and oxygen atoms in total. The lowest BCUT2D eigenvalue weighted by Gasteiger charge is -2.36. The first-order chi connectivity index (χ1) is 7.45. The highest BCUT2D eigenvalue weighted by atomic mass is 15.2. The van der Waals surface area contributed by atoms with Gasteiger partial charge in [0.25, 0.3) is 0 Å². The van der Waals surface area contributed by atoms with E-state index in [4.69, 9.17) is 0 Å². The highest BCUT2D eigenvalue weighted by Gasteiger charge is 2.27. The van der Waals surface area contributed by atoms with Crippen molar-refractivity contribution in [2.75, 3.05) is 46.8 Å². The van der Waals surface area contributed by atoms with Gasteiger partial charge in [0.2, 0.25) is 0 Å². The summed E-state index contributed by atoms with van der Waals surface area (Å²) in [4.78, 5) is 5.06. The van der Waals surface area contributed by atoms with Crippen LogP contribution >= 0.6 is 0 Å². The standard InChI is InChI=1S/C13H29N3/c1-12(14-4)13(2,3)11-16-8-6-7-15(5)9-10-16/h12,14H,6-11H2,1-5H3. The van der Waals surface area contributed by atoms with Crippen LogP contribution < -0.4 is 5.32 Å². The van der Waals surface area contributed by atoms with E-state index in [0.29, 0.717) is 11.5 Å². The predicted octanol–water partition coefficient (Wildman–Crippen LogP) is 1.26. The zero-order valence-corrected chi connectivity index (χ0v) is 11.7. The van der Waals surface area contributed by atoms with E-state index >= 15 is 0 Å². The summed E-state index contributed by atoms with van der Waals surface area (Å²) < 4.78 is 0. The minimum Gasteiger partial charge on any atom is -0.317 e. The zero-order chi connectivity index (χ0) is 12.2. The molecular formula is C13H29N3. The lowest BCUT2D eigenvalue weighted by Crippen LogP contribution is -2.46. The topological polar surface area (TPSA) is 18.5 Å². The van der Waals surface area contributed by atoms with Gasteiger partial charge in [-0.05, 0) is 45.9 Å². The smallest absolute Gasteiger partial charge is 0.0109 e. The van der Waals surface area contributed by atoms with Gasteiger partial charge in [0.05, 0.1) is 0 Å². The summed E-state index contributed by atoms with van der Waals surface area (Å²) in [7, 11) is 4.29. The van der Waals surface area contributed by atoms with Crippen molar-refractivity contribution >= 4 is 0 Å². The van der Waals surface area contributed by atoms with E-state index in [1.807, 2.05) is 0 Å². The van der Waals surface area contributed by atoms with Crippen LogP contribution in [0.5, 0.6) is 0 Å². The molecule has 1 saturated heterocycles. The van der Waals surface area contributed by atoms with Gasteiger partial charge in [0.1, 0.15) is 0 Å². The van der Waals surface area contributed by atoms with Crippen molar-refractivity contribution in [3.05, 3.63) is 0 Å². The van der Waals surface area contributed by atoms with E-state index in [2.05, 4.69) is 50.0 Å². The molecule has 0 aliphatic carbocycles. The van der Waals surface area contributed by atoms with Gasteiger partial charge in [0, 0.05) is 25.7 Å². The molecule has 0 aromatic carbocycles. The lowest BCUT2D eigenvalue weighted by molar-refractivity contribution is 0.149. The quantitative estimate of drug-likeness (QED) is 0.780. The van der Waals surface area contributed by atoms with Crippen molar-refractivity contribution in [1.29, 1.82) is 0 Å². The van der Waals surface area contributed by atoms with Crippen molar-refractivity contribution in [2.24, 2.45) is 5.41 Å². The second kappa shape index (κ2) is 5.99. The van der Waals surface area contributed by atoms with Gasteiger partial charge in [-0.2, -0.15) is 0 Å². The van der Waals surface area contributed by atoms with E-state index in [0.717, 1.165) is 0 Å². The molecule has 1 atom stereocenters. The fourth-order valence-electron chi connectivity index (χ4n) is 2.36. The molecule has 3 heteroatoms. The Morgan fingerprint density at radius 3 is 2.50 bits per heavy atom. The Labute approximate surface area is 101 Å². The van der Waals surface area contributed by atoms with Crippen LogP contribution in [0.2, 0.25) is 0 Å². The Hall–Kier alpha value is -0.120. The molecule has 0 bridgehead atoms. The average molecular weight is 227 g/mol. The molecule has 1 heterocycles. The summed E-state index contributed by atoms with van der Waals surface area (Å²) in [6, 6.07) is 0.563. The zero-order valence-electron chi connectivity index (χ0n) is 11.7. The second-order valence-corrected chi connectivity index (χ2v) is 5.93. The van der Waals surface area contributed by atoms with Crippen LogP contribution in [-0.2, 0) is 0 Å². The van der Waals surface area contributed by atoms with Gasteiger partial charge in [0.15, 0.2) is 0 Å². The maximum absolute atomic E-state index is 3.38. The first-order valence-electron chi connectivity index (χ1n) is 6.54. The molecule has 1 fully saturated rings. The molecule has 0 radical (unpaired) electrons. The van der Waals surface area contributed by atoms with Crippen molar-refractivity contribution in [2.45, 2.75) is 33.2 Å². The number of hydrogen-bond donors (Lipinski definition) is 1. The first-order valence-corrected chi connectivity index (χ1v) is 6.54. The van der Waals surface area contributed by atoms with Crippen molar-refractivity contribution in [3.8, 4) is 0 Å². The molecule has 16 heavy (non-hydrogen) atoms. The van der Waals surface area contributed by atoms with Crippen LogP contribution in [0, 0.1) is 5.41 Å². The van der Waals surface area contributed by atoms with Gasteiger partial charge >= 0.3 is 0 Å². The summed E-state index contributed by atoms with van der Waals surface area (Å²) >= 11 is 0. The Morgan fingerprint density at radius 2 is 1.88 bits per heavy atom. The molecule has 0 amide bonds. The van der Waals surface area contributed by atoms with Gasteiger partial charge in [-0.25, -0.2) is 0 Å². The van der Waals surface area contributed by atoms with E-state index in [9.17, 15) is 0 Å². The van der Waals surface area contributed by atoms with Gasteiger partial charge in [-0.3, -0.25) is 0 Å². The second-order valence-electron chi connectivity index (χ2n) is 5.93. The average Bonchev–Trinajstić information content (AvgIpc) is 2.42. The summed E-state index contributed by atoms with van der Waals surface area (Å²) in [5.41, 5.74) is 0.345. The van der Waals surface area contributed by atoms with Crippen molar-refractivity contribution in [3.63, 3.8) is 0 Å². The Morgan fingerprint density at radius 1 is 1.19 bits per heavy atom. The van der Waals surface area contributed by atoms with Gasteiger partial charge in [-0.15, -0.1) is 0 Å². The molecule has 96 valence electrons. The van der Waals surface area contributed by atoms with E-state index < -0.39 is 0 Å². The fraction of sp³-hybridized carbons (Fsp3) is 1.00. The van der Waals surface area contributed by atoms with E-state index in [1.165, 1.54) is 39.1 Å². The number of likely N-dealkylation sites (N-methyl/N-ethyl adjacent to an activating group) is 1. The molecule has 0 saturated carbocycles. The highest BCUT2D eigenvalue weighted by molar-refractivity contribution is 4.84. The normalized spacial score (nSPS) is 23.1. The largest absolute Gasteiger partial charge is 0.317 e. The van der Waals surface area contributed by atoms with E-state index in [1.54, 1.807) is 0 Å². The molecule has 1 aliphatic rings. The maximum Gasteiger partial charge on any atom is 0.0109 e. The lowest BCUT2D eigenvalue weighted by atomic mass is 9.85. The van der Waals surface area contributed by atoms with Crippen LogP contribution in [0.15, 0.2) is 0 Å². The molecule has 1 unspecified atom stereocenters. The molecule has 1 rings (SSSR count). The summed E-state index contributed by atoms with van der Waals surface area (Å²) in [6.45, 7) is 13.1. The number of nitrogens with one attached hydrogen (secondary N) is 1. The number of hydrogen-bond acceptors (Lipinski definition) is 3. The molecule has 1 aliphatic heterocycles. The number of nitrogens with zero attached hydrogens (tertiary/aromatic N) is 2. The maximum atomic E-state index is 3.38. The summed E-state index contributed by atoms with van der Waals surface area (Å²) in [6.07, 6.45) is 1.31. The number of rotatable bonds is 4. The third kappa shape index (κ3) is 4.04. The van der Waals surface area contributed by atoms with Crippen molar-refractivity contribution in [1.82, 2.24) is 15.1 Å². The molecular weight excluding hydrogens is 198 g/mol. The van der Waals surface area contributed by atoms with Crippen LogP contribution in [0.3, 0.4) is 0 Å².